The third kappa shape index (κ3) is 4.08. The molecule has 104 valence electrons. The van der Waals surface area contributed by atoms with Gasteiger partial charge in [-0.2, -0.15) is 0 Å². The van der Waals surface area contributed by atoms with Gasteiger partial charge in [-0.3, -0.25) is 5.09 Å². The summed E-state index contributed by atoms with van der Waals surface area (Å²) in [6.07, 6.45) is 7.02. The van der Waals surface area contributed by atoms with E-state index in [-0.39, 0.29) is 5.54 Å². The Balaban J connectivity index is 4.85. The molecule has 0 amide bonds. The van der Waals surface area contributed by atoms with Gasteiger partial charge in [-0.1, -0.05) is 52.8 Å². The molecule has 0 saturated carbocycles. The van der Waals surface area contributed by atoms with Crippen LogP contribution in [-0.4, -0.2) is 10.7 Å². The van der Waals surface area contributed by atoms with E-state index in [4.69, 9.17) is 11.2 Å². The molecule has 17 heavy (non-hydrogen) atoms. The summed E-state index contributed by atoms with van der Waals surface area (Å²) in [6, 6.07) is 0. The first-order valence-electron chi connectivity index (χ1n) is 7.23. The quantitative estimate of drug-likeness (QED) is 0.506. The highest BCUT2D eigenvalue weighted by atomic mass is 35.7. The van der Waals surface area contributed by atoms with Gasteiger partial charge < -0.3 is 0 Å². The number of nitrogens with one attached hydrogen (secondary N) is 1. The Bertz CT molecular complexity index is 184. The van der Waals surface area contributed by atoms with Crippen molar-refractivity contribution in [2.75, 3.05) is 0 Å². The minimum Gasteiger partial charge on any atom is -0.277 e. The van der Waals surface area contributed by atoms with E-state index in [2.05, 4.69) is 46.6 Å². The van der Waals surface area contributed by atoms with Gasteiger partial charge in [-0.25, -0.2) is 0 Å². The summed E-state index contributed by atoms with van der Waals surface area (Å²) in [6.45, 7) is 13.6. The molecule has 0 saturated heterocycles. The predicted octanol–water partition coefficient (Wildman–Crippen LogP) is 6.06. The van der Waals surface area contributed by atoms with Crippen molar-refractivity contribution in [3.63, 3.8) is 0 Å². The molecule has 0 aliphatic heterocycles. The van der Waals surface area contributed by atoms with E-state index >= 15 is 0 Å². The number of rotatable bonds is 9. The molecule has 0 fully saturated rings. The van der Waals surface area contributed by atoms with Crippen LogP contribution in [0.3, 0.4) is 0 Å². The summed E-state index contributed by atoms with van der Waals surface area (Å²) in [5, 5.41) is 4.11. The largest absolute Gasteiger partial charge is 0.277 e. The number of hydrogen-bond donors (Lipinski definition) is 1. The first kappa shape index (κ1) is 17.7. The van der Waals surface area contributed by atoms with Crippen LogP contribution < -0.4 is 5.09 Å². The van der Waals surface area contributed by atoms with Gasteiger partial charge in [0.15, 0.2) is 0 Å². The lowest BCUT2D eigenvalue weighted by Crippen LogP contribution is -2.43. The van der Waals surface area contributed by atoms with Crippen LogP contribution in [0.2, 0.25) is 0 Å². The zero-order valence-electron chi connectivity index (χ0n) is 12.6. The molecule has 1 atom stereocenters. The highest BCUT2D eigenvalue weighted by Gasteiger charge is 2.37. The summed E-state index contributed by atoms with van der Waals surface area (Å²) in [7, 11) is -0.612. The summed E-state index contributed by atoms with van der Waals surface area (Å²) in [5.41, 5.74) is 0.248. The van der Waals surface area contributed by atoms with E-state index in [0.717, 1.165) is 0 Å². The molecule has 0 bridgehead atoms. The van der Waals surface area contributed by atoms with E-state index in [1.807, 2.05) is 0 Å². The van der Waals surface area contributed by atoms with Crippen LogP contribution in [0, 0.1) is 0 Å². The maximum atomic E-state index is 6.78. The molecule has 0 aromatic carbocycles. The maximum absolute atomic E-state index is 6.78. The van der Waals surface area contributed by atoms with Gasteiger partial charge in [0.1, 0.15) is 0 Å². The van der Waals surface area contributed by atoms with E-state index in [9.17, 15) is 0 Å². The fraction of sp³-hybridized carbons (Fsp3) is 1.00. The highest BCUT2D eigenvalue weighted by molar-refractivity contribution is 7.83. The van der Waals surface area contributed by atoms with Crippen LogP contribution >= 0.6 is 18.7 Å². The minimum atomic E-state index is -0.612. The molecule has 0 rings (SSSR count). The lowest BCUT2D eigenvalue weighted by Gasteiger charge is -2.42. The smallest absolute Gasteiger partial charge is 0.0666 e. The highest BCUT2D eigenvalue weighted by Crippen LogP contribution is 2.58. The van der Waals surface area contributed by atoms with E-state index in [0.29, 0.717) is 5.16 Å². The second-order valence-electron chi connectivity index (χ2n) is 5.02. The third-order valence-electron chi connectivity index (χ3n) is 4.76. The van der Waals surface area contributed by atoms with Crippen molar-refractivity contribution in [1.29, 1.82) is 0 Å². The Labute approximate surface area is 115 Å². The molecule has 0 aromatic rings. The fourth-order valence-electron chi connectivity index (χ4n) is 2.48. The summed E-state index contributed by atoms with van der Waals surface area (Å²) >= 11 is 6.78. The van der Waals surface area contributed by atoms with E-state index < -0.39 is 7.43 Å². The van der Waals surface area contributed by atoms with Gasteiger partial charge in [-0.05, 0) is 38.5 Å². The van der Waals surface area contributed by atoms with Gasteiger partial charge in [0.05, 0.1) is 7.43 Å². The van der Waals surface area contributed by atoms with Crippen LogP contribution in [0.25, 0.3) is 0 Å². The molecule has 1 N–H and O–H groups in total. The van der Waals surface area contributed by atoms with Gasteiger partial charge in [0, 0.05) is 10.7 Å². The van der Waals surface area contributed by atoms with Gasteiger partial charge in [0.2, 0.25) is 0 Å². The second kappa shape index (κ2) is 7.97. The first-order chi connectivity index (χ1) is 7.99. The topological polar surface area (TPSA) is 12.0 Å². The van der Waals surface area contributed by atoms with E-state index in [1.54, 1.807) is 0 Å². The van der Waals surface area contributed by atoms with Gasteiger partial charge in [0.25, 0.3) is 0 Å². The number of hydrogen-bond acceptors (Lipinski definition) is 1. The molecule has 0 radical (unpaired) electrons. The Hall–Kier alpha value is 0.680. The average Bonchev–Trinajstić information content (AvgIpc) is 2.39. The lowest BCUT2D eigenvalue weighted by molar-refractivity contribution is 0.345. The van der Waals surface area contributed by atoms with Crippen LogP contribution in [0.5, 0.6) is 0 Å². The summed E-state index contributed by atoms with van der Waals surface area (Å²) in [5.74, 6) is 0. The summed E-state index contributed by atoms with van der Waals surface area (Å²) < 4.78 is 0. The Morgan fingerprint density at radius 2 is 1.12 bits per heavy atom. The molecule has 0 heterocycles. The second-order valence-corrected chi connectivity index (χ2v) is 7.77. The molecular weight excluding hydrogens is 249 g/mol. The zero-order chi connectivity index (χ0) is 13.5. The van der Waals surface area contributed by atoms with Gasteiger partial charge >= 0.3 is 0 Å². The molecule has 0 aliphatic carbocycles. The van der Waals surface area contributed by atoms with Crippen molar-refractivity contribution in [1.82, 2.24) is 5.09 Å². The Kier molecular flexibility index (Phi) is 8.29. The van der Waals surface area contributed by atoms with Crippen LogP contribution in [-0.2, 0) is 0 Å². The summed E-state index contributed by atoms with van der Waals surface area (Å²) in [4.78, 5) is 0. The van der Waals surface area contributed by atoms with Crippen LogP contribution in [0.1, 0.15) is 80.1 Å². The predicted molar refractivity (Wildman–Crippen MR) is 83.1 cm³/mol. The molecule has 0 spiro atoms. The average molecular weight is 280 g/mol. The normalized spacial score (nSPS) is 15.0. The maximum Gasteiger partial charge on any atom is 0.0666 e. The molecule has 3 heteroatoms. The van der Waals surface area contributed by atoms with Crippen molar-refractivity contribution in [3.05, 3.63) is 0 Å². The minimum absolute atomic E-state index is 0.248. The fourth-order valence-corrected chi connectivity index (χ4v) is 6.05. The van der Waals surface area contributed by atoms with E-state index in [1.165, 1.54) is 38.5 Å². The first-order valence-corrected chi connectivity index (χ1v) is 9.48. The van der Waals surface area contributed by atoms with Crippen molar-refractivity contribution < 1.29 is 0 Å². The molecular formula is C14H31ClNP. The molecule has 1 nitrogen and oxygen atoms in total. The SMILES string of the molecule is CCC(CC)(CC)NP(Cl)C(CC)(CC)CC. The van der Waals surface area contributed by atoms with Crippen molar-refractivity contribution in [2.45, 2.75) is 90.8 Å². The van der Waals surface area contributed by atoms with Crippen molar-refractivity contribution >= 4 is 18.7 Å². The lowest BCUT2D eigenvalue weighted by atomic mass is 9.91. The van der Waals surface area contributed by atoms with Crippen LogP contribution in [0.4, 0.5) is 0 Å². The van der Waals surface area contributed by atoms with Crippen LogP contribution in [0.15, 0.2) is 0 Å². The third-order valence-corrected chi connectivity index (χ3v) is 8.54. The van der Waals surface area contributed by atoms with Gasteiger partial charge in [-0.15, -0.1) is 0 Å². The van der Waals surface area contributed by atoms with Crippen molar-refractivity contribution in [2.24, 2.45) is 0 Å². The standard InChI is InChI=1S/C14H31ClNP/c1-7-13(8-2,9-3)16-17(15)14(10-4,11-5)12-6/h16H,7-12H2,1-6H3. The molecule has 1 unspecified atom stereocenters. The Morgan fingerprint density at radius 3 is 1.35 bits per heavy atom. The van der Waals surface area contributed by atoms with Crippen molar-refractivity contribution in [3.8, 4) is 0 Å². The molecule has 0 aromatic heterocycles. The Morgan fingerprint density at radius 1 is 0.765 bits per heavy atom. The zero-order valence-corrected chi connectivity index (χ0v) is 14.2. The number of halogens is 1. The molecule has 0 aliphatic rings. The monoisotopic (exact) mass is 279 g/mol.